The monoisotopic (exact) mass is 572 g/mol. The molecule has 0 unspecified atom stereocenters. The summed E-state index contributed by atoms with van der Waals surface area (Å²) < 4.78 is 2.21. The van der Waals surface area contributed by atoms with Crippen molar-refractivity contribution in [1.82, 2.24) is 0 Å². The highest BCUT2D eigenvalue weighted by Crippen LogP contribution is 2.45. The summed E-state index contributed by atoms with van der Waals surface area (Å²) in [5.74, 6) is 0. The first-order chi connectivity index (χ1) is 16.3. The van der Waals surface area contributed by atoms with Gasteiger partial charge in [0.05, 0.1) is 0 Å². The Morgan fingerprint density at radius 3 is 1.85 bits per heavy atom. The molecule has 0 spiro atoms. The fourth-order valence-electron chi connectivity index (χ4n) is 4.82. The van der Waals surface area contributed by atoms with E-state index in [2.05, 4.69) is 140 Å². The van der Waals surface area contributed by atoms with Crippen molar-refractivity contribution in [2.24, 2.45) is 0 Å². The van der Waals surface area contributed by atoms with Gasteiger partial charge in [0.25, 0.3) is 0 Å². The van der Waals surface area contributed by atoms with Crippen LogP contribution in [0.1, 0.15) is 46.6 Å². The predicted octanol–water partition coefficient (Wildman–Crippen LogP) is 11.3. The summed E-state index contributed by atoms with van der Waals surface area (Å²) in [4.78, 5) is 0. The number of fused-ring (bicyclic) bond motifs is 2. The summed E-state index contributed by atoms with van der Waals surface area (Å²) >= 11 is 7.65. The molecule has 0 atom stereocenters. The van der Waals surface area contributed by atoms with Crippen molar-refractivity contribution < 1.29 is 0 Å². The van der Waals surface area contributed by atoms with Gasteiger partial charge in [0.2, 0.25) is 0 Å². The molecule has 0 amide bonds. The van der Waals surface area contributed by atoms with E-state index in [1.807, 2.05) is 0 Å². The number of benzene rings is 4. The molecule has 0 fully saturated rings. The van der Waals surface area contributed by atoms with E-state index in [-0.39, 0.29) is 0 Å². The molecule has 0 aliphatic heterocycles. The Morgan fingerprint density at radius 1 is 0.706 bits per heavy atom. The summed E-state index contributed by atoms with van der Waals surface area (Å²) in [5, 5.41) is 4.90. The maximum absolute atomic E-state index is 4.44. The zero-order valence-electron chi connectivity index (χ0n) is 20.5. The molecule has 0 aliphatic rings. The lowest BCUT2D eigenvalue weighted by atomic mass is 9.82. The minimum atomic E-state index is 1.04. The van der Waals surface area contributed by atoms with Gasteiger partial charge in [0.1, 0.15) is 0 Å². The molecule has 0 saturated carbocycles. The Hall–Kier alpha value is -2.42. The Bertz CT molecular complexity index is 1500. The number of rotatable bonds is 5. The quantitative estimate of drug-likeness (QED) is 0.208. The van der Waals surface area contributed by atoms with E-state index in [0.717, 1.165) is 20.9 Å². The molecular formula is C32H30Br2. The Morgan fingerprint density at radius 2 is 1.26 bits per heavy atom. The highest BCUT2D eigenvalue weighted by atomic mass is 79.9. The largest absolute Gasteiger partial charge is 0.0955 e. The van der Waals surface area contributed by atoms with Crippen molar-refractivity contribution in [3.05, 3.63) is 110 Å². The van der Waals surface area contributed by atoms with Crippen LogP contribution in [-0.2, 0) is 0 Å². The van der Waals surface area contributed by atoms with Crippen LogP contribution in [0.15, 0.2) is 105 Å². The van der Waals surface area contributed by atoms with Gasteiger partial charge in [-0.1, -0.05) is 111 Å². The van der Waals surface area contributed by atoms with Gasteiger partial charge in [-0.05, 0) is 101 Å². The maximum Gasteiger partial charge on any atom is 0.0260 e. The van der Waals surface area contributed by atoms with Gasteiger partial charge in [-0.3, -0.25) is 0 Å². The molecule has 0 heterocycles. The number of hydrogen-bond acceptors (Lipinski definition) is 0. The number of hydrogen-bond donors (Lipinski definition) is 0. The van der Waals surface area contributed by atoms with Crippen LogP contribution >= 0.6 is 31.9 Å². The standard InChI is InChI=1S/C32H30Br2/c1-7-20(4)21(5)22(6)31(19(2)3)28-18-30(34)25-14-10-11-15-26(25)32(28)27-16-17-29(33)24-13-9-8-12-23(24)27/h8-18H,2,7H2,1,3-6H3/b21-20-,31-22+. The first-order valence-electron chi connectivity index (χ1n) is 11.7. The summed E-state index contributed by atoms with van der Waals surface area (Å²) in [5.41, 5.74) is 10.0. The minimum Gasteiger partial charge on any atom is -0.0955 e. The van der Waals surface area contributed by atoms with Crippen molar-refractivity contribution in [2.45, 2.75) is 41.0 Å². The zero-order chi connectivity index (χ0) is 24.6. The van der Waals surface area contributed by atoms with E-state index in [9.17, 15) is 0 Å². The van der Waals surface area contributed by atoms with Gasteiger partial charge in [0.15, 0.2) is 0 Å². The molecule has 0 bridgehead atoms. The van der Waals surface area contributed by atoms with Gasteiger partial charge in [-0.15, -0.1) is 0 Å². The molecule has 0 nitrogen and oxygen atoms in total. The molecule has 2 heteroatoms. The highest BCUT2D eigenvalue weighted by molar-refractivity contribution is 9.11. The second-order valence-corrected chi connectivity index (χ2v) is 10.7. The highest BCUT2D eigenvalue weighted by Gasteiger charge is 2.20. The maximum atomic E-state index is 4.44. The zero-order valence-corrected chi connectivity index (χ0v) is 23.7. The molecule has 34 heavy (non-hydrogen) atoms. The van der Waals surface area contributed by atoms with Crippen LogP contribution in [0.5, 0.6) is 0 Å². The van der Waals surface area contributed by atoms with Crippen molar-refractivity contribution in [2.75, 3.05) is 0 Å². The van der Waals surface area contributed by atoms with Crippen LogP contribution in [-0.4, -0.2) is 0 Å². The van der Waals surface area contributed by atoms with Gasteiger partial charge in [0, 0.05) is 8.95 Å². The fourth-order valence-corrected chi connectivity index (χ4v) is 5.88. The third-order valence-corrected chi connectivity index (χ3v) is 8.29. The van der Waals surface area contributed by atoms with Crippen molar-refractivity contribution >= 4 is 59.0 Å². The topological polar surface area (TPSA) is 0 Å². The third-order valence-electron chi connectivity index (χ3n) is 6.94. The first-order valence-corrected chi connectivity index (χ1v) is 13.3. The van der Waals surface area contributed by atoms with E-state index in [1.54, 1.807) is 0 Å². The van der Waals surface area contributed by atoms with Crippen molar-refractivity contribution in [1.29, 1.82) is 0 Å². The second-order valence-electron chi connectivity index (χ2n) is 9.01. The minimum absolute atomic E-state index is 1.04. The molecule has 4 rings (SSSR count). The molecule has 0 radical (unpaired) electrons. The summed E-state index contributed by atoms with van der Waals surface area (Å²) in [7, 11) is 0. The van der Waals surface area contributed by atoms with Crippen molar-refractivity contribution in [3.8, 4) is 11.1 Å². The van der Waals surface area contributed by atoms with Crippen LogP contribution in [0, 0.1) is 0 Å². The van der Waals surface area contributed by atoms with E-state index < -0.39 is 0 Å². The van der Waals surface area contributed by atoms with Gasteiger partial charge in [-0.2, -0.15) is 0 Å². The van der Waals surface area contributed by atoms with E-state index in [1.165, 1.54) is 60.5 Å². The SMILES string of the molecule is C=C(C)/C(=C(C)\C(C)=C(\C)CC)c1cc(Br)c2ccccc2c1-c1ccc(Br)c2ccccc12. The lowest BCUT2D eigenvalue weighted by Crippen LogP contribution is -1.99. The molecule has 4 aromatic carbocycles. The van der Waals surface area contributed by atoms with E-state index >= 15 is 0 Å². The normalized spacial score (nSPS) is 13.1. The molecule has 172 valence electrons. The van der Waals surface area contributed by atoms with Crippen LogP contribution in [0.3, 0.4) is 0 Å². The van der Waals surface area contributed by atoms with E-state index in [0.29, 0.717) is 0 Å². The van der Waals surface area contributed by atoms with Crippen LogP contribution < -0.4 is 0 Å². The lowest BCUT2D eigenvalue weighted by Gasteiger charge is -2.22. The Kier molecular flexibility index (Phi) is 7.31. The van der Waals surface area contributed by atoms with Gasteiger partial charge in [-0.25, -0.2) is 0 Å². The lowest BCUT2D eigenvalue weighted by molar-refractivity contribution is 1.06. The Labute approximate surface area is 220 Å². The third kappa shape index (κ3) is 4.34. The molecule has 0 aromatic heterocycles. The summed E-state index contributed by atoms with van der Waals surface area (Å²) in [6, 6.07) is 24.0. The number of allylic oxidation sites excluding steroid dienone is 5. The van der Waals surface area contributed by atoms with Crippen LogP contribution in [0.25, 0.3) is 38.2 Å². The molecule has 4 aromatic rings. The summed E-state index contributed by atoms with van der Waals surface area (Å²) in [6.45, 7) is 15.5. The van der Waals surface area contributed by atoms with Gasteiger partial charge < -0.3 is 0 Å². The molecular weight excluding hydrogens is 544 g/mol. The van der Waals surface area contributed by atoms with Crippen LogP contribution in [0.4, 0.5) is 0 Å². The van der Waals surface area contributed by atoms with Crippen LogP contribution in [0.2, 0.25) is 0 Å². The Balaban J connectivity index is 2.23. The fraction of sp³-hybridized carbons (Fsp3) is 0.188. The average molecular weight is 574 g/mol. The summed E-state index contributed by atoms with van der Waals surface area (Å²) in [6.07, 6.45) is 1.04. The smallest absolute Gasteiger partial charge is 0.0260 e. The van der Waals surface area contributed by atoms with Crippen molar-refractivity contribution in [3.63, 3.8) is 0 Å². The second kappa shape index (κ2) is 10.1. The molecule has 0 saturated heterocycles. The van der Waals surface area contributed by atoms with Gasteiger partial charge >= 0.3 is 0 Å². The average Bonchev–Trinajstić information content (AvgIpc) is 2.84. The van der Waals surface area contributed by atoms with E-state index in [4.69, 9.17) is 0 Å². The number of halogens is 2. The first kappa shape index (κ1) is 24.7. The predicted molar refractivity (Wildman–Crippen MR) is 158 cm³/mol. The molecule has 0 N–H and O–H groups in total. The molecule has 0 aliphatic carbocycles.